The third-order valence-electron chi connectivity index (χ3n) is 2.52. The Morgan fingerprint density at radius 3 is 3.00 bits per heavy atom. The number of thioether (sulfide) groups is 1. The minimum atomic E-state index is 0.267. The zero-order valence-electron chi connectivity index (χ0n) is 10.0. The van der Waals surface area contributed by atoms with E-state index in [1.54, 1.807) is 11.8 Å². The zero-order chi connectivity index (χ0) is 11.9. The Labute approximate surface area is 107 Å². The molecule has 0 saturated heterocycles. The van der Waals surface area contributed by atoms with E-state index in [0.29, 0.717) is 6.61 Å². The molecule has 0 aliphatic carbocycles. The standard InChI is InChI=1S/C14H17NOS/c1-2-17-9-8-14-15-13(11-16-14)10-12-6-4-3-5-7-12/h3-9,13H,2,10-11H2,1H3/b9-8-/t13-/m0/s1. The van der Waals surface area contributed by atoms with Gasteiger partial charge < -0.3 is 4.74 Å². The second kappa shape index (κ2) is 6.50. The molecular weight excluding hydrogens is 230 g/mol. The van der Waals surface area contributed by atoms with Gasteiger partial charge in [0.15, 0.2) is 0 Å². The lowest BCUT2D eigenvalue weighted by molar-refractivity contribution is 0.318. The van der Waals surface area contributed by atoms with E-state index in [2.05, 4.69) is 36.2 Å². The van der Waals surface area contributed by atoms with Gasteiger partial charge in [0.05, 0.1) is 6.04 Å². The van der Waals surface area contributed by atoms with Gasteiger partial charge in [-0.1, -0.05) is 37.3 Å². The van der Waals surface area contributed by atoms with Crippen LogP contribution in [0.15, 0.2) is 46.8 Å². The Balaban J connectivity index is 1.88. The van der Waals surface area contributed by atoms with Crippen LogP contribution in [-0.2, 0) is 11.2 Å². The molecule has 0 fully saturated rings. The molecule has 2 nitrogen and oxygen atoms in total. The third-order valence-corrected chi connectivity index (χ3v) is 3.18. The van der Waals surface area contributed by atoms with Crippen LogP contribution in [0.4, 0.5) is 0 Å². The number of hydrogen-bond acceptors (Lipinski definition) is 3. The molecule has 0 radical (unpaired) electrons. The van der Waals surface area contributed by atoms with Gasteiger partial charge in [0.1, 0.15) is 6.61 Å². The second-order valence-electron chi connectivity index (χ2n) is 3.88. The molecule has 3 heteroatoms. The molecule has 0 unspecified atom stereocenters. The number of nitrogens with zero attached hydrogens (tertiary/aromatic N) is 1. The topological polar surface area (TPSA) is 21.6 Å². The first-order valence-electron chi connectivity index (χ1n) is 5.91. The van der Waals surface area contributed by atoms with Crippen molar-refractivity contribution >= 4 is 17.7 Å². The van der Waals surface area contributed by atoms with E-state index in [1.165, 1.54) is 5.56 Å². The largest absolute Gasteiger partial charge is 0.476 e. The molecular formula is C14H17NOS. The van der Waals surface area contributed by atoms with Crippen LogP contribution in [0.1, 0.15) is 12.5 Å². The van der Waals surface area contributed by atoms with Gasteiger partial charge in [0.2, 0.25) is 5.90 Å². The van der Waals surface area contributed by atoms with Crippen LogP contribution in [0.5, 0.6) is 0 Å². The molecule has 0 bridgehead atoms. The summed E-state index contributed by atoms with van der Waals surface area (Å²) < 4.78 is 5.53. The highest BCUT2D eigenvalue weighted by Gasteiger charge is 2.17. The van der Waals surface area contributed by atoms with Crippen LogP contribution < -0.4 is 0 Å². The first kappa shape index (κ1) is 12.2. The maximum Gasteiger partial charge on any atom is 0.209 e. The summed E-state index contributed by atoms with van der Waals surface area (Å²) in [5, 5.41) is 2.05. The van der Waals surface area contributed by atoms with Crippen LogP contribution in [0.2, 0.25) is 0 Å². The number of benzene rings is 1. The fourth-order valence-electron chi connectivity index (χ4n) is 1.72. The number of ether oxygens (including phenoxy) is 1. The van der Waals surface area contributed by atoms with Gasteiger partial charge in [0.25, 0.3) is 0 Å². The van der Waals surface area contributed by atoms with Crippen molar-refractivity contribution in [3.05, 3.63) is 47.4 Å². The van der Waals surface area contributed by atoms with Crippen molar-refractivity contribution in [3.8, 4) is 0 Å². The van der Waals surface area contributed by atoms with Gasteiger partial charge in [-0.15, -0.1) is 11.8 Å². The summed E-state index contributed by atoms with van der Waals surface area (Å²) in [6.45, 7) is 2.83. The molecule has 0 saturated carbocycles. The summed E-state index contributed by atoms with van der Waals surface area (Å²) in [4.78, 5) is 4.55. The fourth-order valence-corrected chi connectivity index (χ4v) is 2.13. The minimum Gasteiger partial charge on any atom is -0.476 e. The van der Waals surface area contributed by atoms with Gasteiger partial charge in [-0.2, -0.15) is 0 Å². The summed E-state index contributed by atoms with van der Waals surface area (Å²) in [5.74, 6) is 1.85. The van der Waals surface area contributed by atoms with Gasteiger partial charge in [-0.3, -0.25) is 0 Å². The third kappa shape index (κ3) is 3.93. The molecule has 17 heavy (non-hydrogen) atoms. The van der Waals surface area contributed by atoms with E-state index in [4.69, 9.17) is 4.74 Å². The van der Waals surface area contributed by atoms with Gasteiger partial charge >= 0.3 is 0 Å². The van der Waals surface area contributed by atoms with Crippen LogP contribution in [0, 0.1) is 0 Å². The van der Waals surface area contributed by atoms with Crippen molar-refractivity contribution in [2.75, 3.05) is 12.4 Å². The maximum atomic E-state index is 5.53. The summed E-state index contributed by atoms with van der Waals surface area (Å²) >= 11 is 1.76. The lowest BCUT2D eigenvalue weighted by Crippen LogP contribution is -2.09. The molecule has 1 aromatic carbocycles. The Kier molecular flexibility index (Phi) is 4.68. The van der Waals surface area contributed by atoms with Gasteiger partial charge in [0, 0.05) is 6.08 Å². The maximum absolute atomic E-state index is 5.53. The van der Waals surface area contributed by atoms with Crippen molar-refractivity contribution in [1.82, 2.24) is 0 Å². The average Bonchev–Trinajstić information content (AvgIpc) is 2.79. The molecule has 0 aromatic heterocycles. The van der Waals surface area contributed by atoms with Gasteiger partial charge in [-0.25, -0.2) is 4.99 Å². The Hall–Kier alpha value is -1.22. The Bertz CT molecular complexity index is 400. The molecule has 1 atom stereocenters. The summed E-state index contributed by atoms with van der Waals surface area (Å²) in [6, 6.07) is 10.7. The first-order valence-corrected chi connectivity index (χ1v) is 6.96. The highest BCUT2D eigenvalue weighted by Crippen LogP contribution is 2.13. The molecule has 2 rings (SSSR count). The predicted molar refractivity (Wildman–Crippen MR) is 74.6 cm³/mol. The highest BCUT2D eigenvalue weighted by atomic mass is 32.2. The summed E-state index contributed by atoms with van der Waals surface area (Å²) in [6.07, 6.45) is 2.91. The van der Waals surface area contributed by atoms with Crippen molar-refractivity contribution in [2.24, 2.45) is 4.99 Å². The molecule has 0 amide bonds. The van der Waals surface area contributed by atoms with E-state index in [9.17, 15) is 0 Å². The van der Waals surface area contributed by atoms with Gasteiger partial charge in [-0.05, 0) is 23.1 Å². The number of hydrogen-bond donors (Lipinski definition) is 0. The SMILES string of the molecule is CCS/C=C\C1=N[C@@H](Cc2ccccc2)CO1. The normalized spacial score (nSPS) is 19.4. The minimum absolute atomic E-state index is 0.267. The quantitative estimate of drug-likeness (QED) is 0.796. The van der Waals surface area contributed by atoms with Crippen LogP contribution in [0.3, 0.4) is 0 Å². The highest BCUT2D eigenvalue weighted by molar-refractivity contribution is 8.02. The lowest BCUT2D eigenvalue weighted by atomic mass is 10.1. The van der Waals surface area contributed by atoms with Crippen molar-refractivity contribution in [2.45, 2.75) is 19.4 Å². The van der Waals surface area contributed by atoms with E-state index in [-0.39, 0.29) is 6.04 Å². The molecule has 0 spiro atoms. The lowest BCUT2D eigenvalue weighted by Gasteiger charge is -2.03. The molecule has 1 heterocycles. The van der Waals surface area contributed by atoms with E-state index >= 15 is 0 Å². The zero-order valence-corrected chi connectivity index (χ0v) is 10.8. The fraction of sp³-hybridized carbons (Fsp3) is 0.357. The van der Waals surface area contributed by atoms with Crippen molar-refractivity contribution in [1.29, 1.82) is 0 Å². The monoisotopic (exact) mass is 247 g/mol. The predicted octanol–water partition coefficient (Wildman–Crippen LogP) is 3.29. The molecule has 0 N–H and O–H groups in total. The van der Waals surface area contributed by atoms with E-state index in [0.717, 1.165) is 18.1 Å². The van der Waals surface area contributed by atoms with E-state index < -0.39 is 0 Å². The average molecular weight is 247 g/mol. The number of rotatable bonds is 5. The molecule has 1 aliphatic heterocycles. The summed E-state index contributed by atoms with van der Waals surface area (Å²) in [7, 11) is 0. The van der Waals surface area contributed by atoms with Crippen molar-refractivity contribution in [3.63, 3.8) is 0 Å². The Morgan fingerprint density at radius 1 is 1.41 bits per heavy atom. The van der Waals surface area contributed by atoms with Crippen LogP contribution >= 0.6 is 11.8 Å². The summed E-state index contributed by atoms with van der Waals surface area (Å²) in [5.41, 5.74) is 1.32. The molecule has 1 aromatic rings. The van der Waals surface area contributed by atoms with Crippen molar-refractivity contribution < 1.29 is 4.74 Å². The molecule has 1 aliphatic rings. The smallest absolute Gasteiger partial charge is 0.209 e. The molecule has 90 valence electrons. The number of aliphatic imine (C=N–C) groups is 1. The van der Waals surface area contributed by atoms with E-state index in [1.807, 2.05) is 17.6 Å². The first-order chi connectivity index (χ1) is 8.38. The Morgan fingerprint density at radius 2 is 2.24 bits per heavy atom. The van der Waals surface area contributed by atoms with Crippen LogP contribution in [0.25, 0.3) is 0 Å². The second-order valence-corrected chi connectivity index (χ2v) is 5.06. The van der Waals surface area contributed by atoms with Crippen LogP contribution in [-0.4, -0.2) is 24.3 Å².